The Morgan fingerprint density at radius 2 is 1.61 bits per heavy atom. The number of carbonyl (C=O) groups excluding carboxylic acids is 2. The van der Waals surface area contributed by atoms with E-state index < -0.39 is 5.97 Å². The van der Waals surface area contributed by atoms with Gasteiger partial charge in [-0.15, -0.1) is 0 Å². The van der Waals surface area contributed by atoms with E-state index in [1.54, 1.807) is 24.3 Å². The van der Waals surface area contributed by atoms with E-state index in [1.165, 1.54) is 7.11 Å². The van der Waals surface area contributed by atoms with Crippen LogP contribution in [0.1, 0.15) is 10.4 Å². The zero-order valence-electron chi connectivity index (χ0n) is 13.3. The molecule has 0 bridgehead atoms. The van der Waals surface area contributed by atoms with Crippen molar-refractivity contribution in [3.8, 4) is 0 Å². The van der Waals surface area contributed by atoms with Crippen LogP contribution in [0.15, 0.2) is 48.5 Å². The molecule has 0 heterocycles. The zero-order chi connectivity index (χ0) is 16.8. The molecular formula is C17H19N3O3. The molecule has 0 spiro atoms. The summed E-state index contributed by atoms with van der Waals surface area (Å²) in [4.78, 5) is 25.5. The predicted molar refractivity (Wildman–Crippen MR) is 91.2 cm³/mol. The molecule has 120 valence electrons. The van der Waals surface area contributed by atoms with Crippen LogP contribution < -0.4 is 15.5 Å². The van der Waals surface area contributed by atoms with Gasteiger partial charge in [-0.2, -0.15) is 0 Å². The molecule has 0 aliphatic rings. The maximum atomic E-state index is 12.0. The first-order chi connectivity index (χ1) is 11.0. The van der Waals surface area contributed by atoms with E-state index in [0.29, 0.717) is 16.9 Å². The number of hydrogen-bond acceptors (Lipinski definition) is 4. The number of carbonyl (C=O) groups is 2. The minimum absolute atomic E-state index is 0.376. The summed E-state index contributed by atoms with van der Waals surface area (Å²) in [5.41, 5.74) is 2.61. The minimum atomic E-state index is -0.451. The Hall–Kier alpha value is -3.02. The molecule has 6 nitrogen and oxygen atoms in total. The van der Waals surface area contributed by atoms with E-state index in [1.807, 2.05) is 43.3 Å². The van der Waals surface area contributed by atoms with Gasteiger partial charge in [0.15, 0.2) is 0 Å². The van der Waals surface area contributed by atoms with Gasteiger partial charge in [0.05, 0.1) is 12.7 Å². The fourth-order valence-corrected chi connectivity index (χ4v) is 1.98. The number of ether oxygens (including phenoxy) is 1. The molecule has 0 atom stereocenters. The summed E-state index contributed by atoms with van der Waals surface area (Å²) in [6.45, 7) is 0. The summed E-state index contributed by atoms with van der Waals surface area (Å²) >= 11 is 0. The molecule has 0 fully saturated rings. The van der Waals surface area contributed by atoms with Crippen LogP contribution in [-0.2, 0) is 4.74 Å². The molecule has 0 aliphatic carbocycles. The highest BCUT2D eigenvalue weighted by molar-refractivity contribution is 6.00. The van der Waals surface area contributed by atoms with E-state index in [2.05, 4.69) is 15.4 Å². The van der Waals surface area contributed by atoms with Gasteiger partial charge >= 0.3 is 12.0 Å². The molecule has 2 aromatic rings. The molecule has 0 saturated heterocycles. The van der Waals surface area contributed by atoms with Gasteiger partial charge in [-0.25, -0.2) is 9.59 Å². The van der Waals surface area contributed by atoms with Crippen LogP contribution in [0, 0.1) is 0 Å². The third-order valence-corrected chi connectivity index (χ3v) is 3.18. The number of benzene rings is 2. The molecular weight excluding hydrogens is 294 g/mol. The number of anilines is 3. The summed E-state index contributed by atoms with van der Waals surface area (Å²) in [5, 5.41) is 5.41. The number of nitrogens with zero attached hydrogens (tertiary/aromatic N) is 1. The SMILES string of the molecule is COC(=O)c1cccc(NC(=O)Nc2ccc(N(C)C)cc2)c1. The third-order valence-electron chi connectivity index (χ3n) is 3.18. The summed E-state index contributed by atoms with van der Waals surface area (Å²) in [7, 11) is 5.21. The van der Waals surface area contributed by atoms with Gasteiger partial charge in [0, 0.05) is 31.2 Å². The van der Waals surface area contributed by atoms with Crippen molar-refractivity contribution in [1.29, 1.82) is 0 Å². The van der Waals surface area contributed by atoms with Crippen molar-refractivity contribution in [3.63, 3.8) is 0 Å². The Labute approximate surface area is 135 Å². The maximum absolute atomic E-state index is 12.0. The molecule has 2 aromatic carbocycles. The fraction of sp³-hybridized carbons (Fsp3) is 0.176. The monoisotopic (exact) mass is 313 g/mol. The highest BCUT2D eigenvalue weighted by Gasteiger charge is 2.08. The van der Waals surface area contributed by atoms with Crippen molar-refractivity contribution in [2.75, 3.05) is 36.7 Å². The molecule has 0 unspecified atom stereocenters. The van der Waals surface area contributed by atoms with Crippen LogP contribution in [0.3, 0.4) is 0 Å². The van der Waals surface area contributed by atoms with Crippen LogP contribution in [0.25, 0.3) is 0 Å². The van der Waals surface area contributed by atoms with Gasteiger partial charge in [-0.3, -0.25) is 0 Å². The van der Waals surface area contributed by atoms with Crippen LogP contribution in [0.5, 0.6) is 0 Å². The van der Waals surface area contributed by atoms with Crippen LogP contribution >= 0.6 is 0 Å². The second-order valence-electron chi connectivity index (χ2n) is 5.09. The lowest BCUT2D eigenvalue weighted by molar-refractivity contribution is 0.0600. The van der Waals surface area contributed by atoms with Crippen LogP contribution in [-0.4, -0.2) is 33.2 Å². The average Bonchev–Trinajstić information content (AvgIpc) is 2.54. The third kappa shape index (κ3) is 4.47. The summed E-state index contributed by atoms with van der Waals surface area (Å²) in [6.07, 6.45) is 0. The topological polar surface area (TPSA) is 70.7 Å². The van der Waals surface area contributed by atoms with Gasteiger partial charge < -0.3 is 20.3 Å². The Morgan fingerprint density at radius 3 is 2.22 bits per heavy atom. The van der Waals surface area contributed by atoms with E-state index in [4.69, 9.17) is 0 Å². The second-order valence-corrected chi connectivity index (χ2v) is 5.09. The van der Waals surface area contributed by atoms with Gasteiger partial charge in [-0.05, 0) is 42.5 Å². The first-order valence-corrected chi connectivity index (χ1v) is 7.03. The minimum Gasteiger partial charge on any atom is -0.465 e. The number of urea groups is 1. The molecule has 6 heteroatoms. The van der Waals surface area contributed by atoms with Gasteiger partial charge in [0.1, 0.15) is 0 Å². The molecule has 0 aromatic heterocycles. The standard InChI is InChI=1S/C17H19N3O3/c1-20(2)15-9-7-13(8-10-15)18-17(22)19-14-6-4-5-12(11-14)16(21)23-3/h4-11H,1-3H3,(H2,18,19,22). The quantitative estimate of drug-likeness (QED) is 0.851. The lowest BCUT2D eigenvalue weighted by Gasteiger charge is -2.13. The first kappa shape index (κ1) is 16.4. The maximum Gasteiger partial charge on any atom is 0.337 e. The lowest BCUT2D eigenvalue weighted by atomic mass is 10.2. The Balaban J connectivity index is 2.00. The summed E-state index contributed by atoms with van der Waals surface area (Å²) in [6, 6.07) is 13.6. The first-order valence-electron chi connectivity index (χ1n) is 7.03. The molecule has 23 heavy (non-hydrogen) atoms. The Bertz CT molecular complexity index is 696. The largest absolute Gasteiger partial charge is 0.465 e. The highest BCUT2D eigenvalue weighted by Crippen LogP contribution is 2.16. The van der Waals surface area contributed by atoms with Crippen LogP contribution in [0.2, 0.25) is 0 Å². The van der Waals surface area contributed by atoms with E-state index >= 15 is 0 Å². The van der Waals surface area contributed by atoms with Crippen molar-refractivity contribution >= 4 is 29.1 Å². The fourth-order valence-electron chi connectivity index (χ4n) is 1.98. The summed E-state index contributed by atoms with van der Waals surface area (Å²) in [5.74, 6) is -0.451. The smallest absolute Gasteiger partial charge is 0.337 e. The predicted octanol–water partition coefficient (Wildman–Crippen LogP) is 3.18. The van der Waals surface area contributed by atoms with Crippen molar-refractivity contribution in [1.82, 2.24) is 0 Å². The van der Waals surface area contributed by atoms with Crippen molar-refractivity contribution < 1.29 is 14.3 Å². The second kappa shape index (κ2) is 7.31. The number of esters is 1. The number of nitrogens with one attached hydrogen (secondary N) is 2. The van der Waals surface area contributed by atoms with E-state index in [-0.39, 0.29) is 6.03 Å². The number of methoxy groups -OCH3 is 1. The number of amides is 2. The molecule has 0 aliphatic heterocycles. The van der Waals surface area contributed by atoms with Crippen molar-refractivity contribution in [2.45, 2.75) is 0 Å². The Kier molecular flexibility index (Phi) is 5.19. The van der Waals surface area contributed by atoms with Crippen molar-refractivity contribution in [2.24, 2.45) is 0 Å². The van der Waals surface area contributed by atoms with Gasteiger partial charge in [0.25, 0.3) is 0 Å². The average molecular weight is 313 g/mol. The molecule has 2 rings (SSSR count). The number of hydrogen-bond donors (Lipinski definition) is 2. The van der Waals surface area contributed by atoms with Gasteiger partial charge in [-0.1, -0.05) is 6.07 Å². The Morgan fingerprint density at radius 1 is 0.957 bits per heavy atom. The van der Waals surface area contributed by atoms with E-state index in [9.17, 15) is 9.59 Å². The molecule has 2 N–H and O–H groups in total. The number of rotatable bonds is 4. The lowest BCUT2D eigenvalue weighted by Crippen LogP contribution is -2.19. The molecule has 2 amide bonds. The highest BCUT2D eigenvalue weighted by atomic mass is 16.5. The molecule has 0 saturated carbocycles. The van der Waals surface area contributed by atoms with E-state index in [0.717, 1.165) is 5.69 Å². The molecule has 0 radical (unpaired) electrons. The normalized spacial score (nSPS) is 9.87. The zero-order valence-corrected chi connectivity index (χ0v) is 13.3. The summed E-state index contributed by atoms with van der Waals surface area (Å²) < 4.78 is 4.65. The van der Waals surface area contributed by atoms with Crippen LogP contribution in [0.4, 0.5) is 21.9 Å². The van der Waals surface area contributed by atoms with Gasteiger partial charge in [0.2, 0.25) is 0 Å². The van der Waals surface area contributed by atoms with Crippen molar-refractivity contribution in [3.05, 3.63) is 54.1 Å².